The molecule has 1 aromatic heterocycles. The third-order valence-electron chi connectivity index (χ3n) is 4.23. The number of nitrogen functional groups attached to an aromatic ring is 1. The summed E-state index contributed by atoms with van der Waals surface area (Å²) in [6.45, 7) is 3.33. The number of rotatable bonds is 2. The van der Waals surface area contributed by atoms with Gasteiger partial charge in [0.05, 0.1) is 11.0 Å². The molecule has 1 aliphatic rings. The Morgan fingerprint density at radius 1 is 1.42 bits per heavy atom. The highest BCUT2D eigenvalue weighted by Gasteiger charge is 2.21. The maximum Gasteiger partial charge on any atom is 0.201 e. The predicted molar refractivity (Wildman–Crippen MR) is 80.3 cm³/mol. The Morgan fingerprint density at radius 2 is 2.26 bits per heavy atom. The van der Waals surface area contributed by atoms with E-state index in [1.54, 1.807) is 0 Å². The van der Waals surface area contributed by atoms with E-state index in [-0.39, 0.29) is 0 Å². The Kier molecular flexibility index (Phi) is 3.40. The fourth-order valence-corrected chi connectivity index (χ4v) is 3.46. The van der Waals surface area contributed by atoms with Crippen molar-refractivity contribution in [3.63, 3.8) is 0 Å². The summed E-state index contributed by atoms with van der Waals surface area (Å²) in [5.41, 5.74) is 8.06. The molecule has 0 radical (unpaired) electrons. The van der Waals surface area contributed by atoms with E-state index in [1.807, 2.05) is 18.2 Å². The number of nitrogens with two attached hydrogens (primary N) is 1. The first-order valence-corrected chi connectivity index (χ1v) is 7.42. The third-order valence-corrected chi connectivity index (χ3v) is 4.46. The third kappa shape index (κ3) is 2.57. The maximum absolute atomic E-state index is 6.06. The summed E-state index contributed by atoms with van der Waals surface area (Å²) in [6.07, 6.45) is 5.31. The quantitative estimate of drug-likeness (QED) is 0.898. The minimum absolute atomic E-state index is 0.607. The van der Waals surface area contributed by atoms with Crippen molar-refractivity contribution in [3.8, 4) is 0 Å². The van der Waals surface area contributed by atoms with Crippen LogP contribution in [0, 0.1) is 11.8 Å². The molecule has 1 aromatic carbocycles. The van der Waals surface area contributed by atoms with E-state index in [9.17, 15) is 0 Å². The molecule has 0 aliphatic heterocycles. The van der Waals surface area contributed by atoms with Gasteiger partial charge >= 0.3 is 0 Å². The largest absolute Gasteiger partial charge is 0.369 e. The van der Waals surface area contributed by atoms with Crippen molar-refractivity contribution in [2.75, 3.05) is 5.73 Å². The monoisotopic (exact) mass is 277 g/mol. The molecule has 102 valence electrons. The van der Waals surface area contributed by atoms with Crippen LogP contribution in [0.1, 0.15) is 32.6 Å². The van der Waals surface area contributed by atoms with E-state index in [1.165, 1.54) is 25.7 Å². The second-order valence-electron chi connectivity index (χ2n) is 5.85. The van der Waals surface area contributed by atoms with Crippen LogP contribution < -0.4 is 5.73 Å². The van der Waals surface area contributed by atoms with Crippen molar-refractivity contribution in [2.45, 2.75) is 39.2 Å². The first-order chi connectivity index (χ1) is 9.13. The number of benzene rings is 1. The van der Waals surface area contributed by atoms with Crippen molar-refractivity contribution in [1.82, 2.24) is 9.55 Å². The van der Waals surface area contributed by atoms with Crippen molar-refractivity contribution in [3.05, 3.63) is 23.2 Å². The average Bonchev–Trinajstić information content (AvgIpc) is 2.65. The Hall–Kier alpha value is -1.22. The van der Waals surface area contributed by atoms with Crippen molar-refractivity contribution in [1.29, 1.82) is 0 Å². The summed E-state index contributed by atoms with van der Waals surface area (Å²) in [5, 5.41) is 0.712. The van der Waals surface area contributed by atoms with Gasteiger partial charge in [-0.1, -0.05) is 31.4 Å². The molecular weight excluding hydrogens is 258 g/mol. The standard InChI is InChI=1S/C15H20ClN3/c1-10-3-2-4-11(7-10)9-19-14-6-5-12(16)8-13(14)18-15(19)17/h5-6,8,10-11H,2-4,7,9H2,1H3,(H2,17,18). The number of hydrogen-bond donors (Lipinski definition) is 1. The maximum atomic E-state index is 6.06. The van der Waals surface area contributed by atoms with E-state index in [0.717, 1.165) is 29.4 Å². The number of hydrogen-bond acceptors (Lipinski definition) is 2. The van der Waals surface area contributed by atoms with Crippen LogP contribution in [0.5, 0.6) is 0 Å². The highest BCUT2D eigenvalue weighted by molar-refractivity contribution is 6.31. The minimum Gasteiger partial charge on any atom is -0.369 e. The van der Waals surface area contributed by atoms with Crippen molar-refractivity contribution in [2.24, 2.45) is 11.8 Å². The lowest BCUT2D eigenvalue weighted by Gasteiger charge is -2.27. The molecule has 2 aromatic rings. The number of anilines is 1. The Bertz CT molecular complexity index is 590. The molecule has 3 rings (SSSR count). The van der Waals surface area contributed by atoms with Crippen molar-refractivity contribution < 1.29 is 0 Å². The van der Waals surface area contributed by atoms with Gasteiger partial charge in [0, 0.05) is 11.6 Å². The van der Waals surface area contributed by atoms with Gasteiger partial charge in [0.2, 0.25) is 5.95 Å². The Labute approximate surface area is 118 Å². The highest BCUT2D eigenvalue weighted by atomic mass is 35.5. The van der Waals surface area contributed by atoms with Gasteiger partial charge in [-0.2, -0.15) is 0 Å². The number of aromatic nitrogens is 2. The fraction of sp³-hybridized carbons (Fsp3) is 0.533. The van der Waals surface area contributed by atoms with Gasteiger partial charge < -0.3 is 10.3 Å². The van der Waals surface area contributed by atoms with Crippen LogP contribution in [-0.2, 0) is 6.54 Å². The molecule has 0 bridgehead atoms. The molecule has 1 aliphatic carbocycles. The van der Waals surface area contributed by atoms with Crippen LogP contribution in [-0.4, -0.2) is 9.55 Å². The summed E-state index contributed by atoms with van der Waals surface area (Å²) in [4.78, 5) is 4.41. The number of imidazole rings is 1. The van der Waals surface area contributed by atoms with Crippen LogP contribution >= 0.6 is 11.6 Å². The van der Waals surface area contributed by atoms with Crippen LogP contribution in [0.4, 0.5) is 5.95 Å². The summed E-state index contributed by atoms with van der Waals surface area (Å²) in [5.74, 6) is 2.17. The molecule has 2 unspecified atom stereocenters. The van der Waals surface area contributed by atoms with E-state index in [2.05, 4.69) is 16.5 Å². The second-order valence-corrected chi connectivity index (χ2v) is 6.29. The first-order valence-electron chi connectivity index (χ1n) is 7.04. The smallest absolute Gasteiger partial charge is 0.201 e. The molecule has 2 N–H and O–H groups in total. The molecule has 1 fully saturated rings. The zero-order valence-electron chi connectivity index (χ0n) is 11.3. The van der Waals surface area contributed by atoms with Gasteiger partial charge in [-0.25, -0.2) is 4.98 Å². The normalized spacial score (nSPS) is 23.9. The Morgan fingerprint density at radius 3 is 3.05 bits per heavy atom. The lowest BCUT2D eigenvalue weighted by molar-refractivity contribution is 0.259. The van der Waals surface area contributed by atoms with Crippen LogP contribution in [0.15, 0.2) is 18.2 Å². The van der Waals surface area contributed by atoms with E-state index in [4.69, 9.17) is 17.3 Å². The van der Waals surface area contributed by atoms with Gasteiger partial charge in [-0.3, -0.25) is 0 Å². The van der Waals surface area contributed by atoms with Crippen LogP contribution in [0.3, 0.4) is 0 Å². The summed E-state index contributed by atoms with van der Waals surface area (Å²) >= 11 is 6.00. The minimum atomic E-state index is 0.607. The van der Waals surface area contributed by atoms with Crippen molar-refractivity contribution >= 4 is 28.6 Å². The number of halogens is 1. The topological polar surface area (TPSA) is 43.8 Å². The van der Waals surface area contributed by atoms with Gasteiger partial charge in [0.1, 0.15) is 0 Å². The molecule has 0 spiro atoms. The van der Waals surface area contributed by atoms with Gasteiger partial charge in [-0.15, -0.1) is 0 Å². The van der Waals surface area contributed by atoms with E-state index >= 15 is 0 Å². The number of nitrogens with zero attached hydrogens (tertiary/aromatic N) is 2. The molecule has 19 heavy (non-hydrogen) atoms. The molecule has 0 saturated heterocycles. The predicted octanol–water partition coefficient (Wildman–Crippen LogP) is 4.10. The summed E-state index contributed by atoms with van der Waals surface area (Å²) in [7, 11) is 0. The highest BCUT2D eigenvalue weighted by Crippen LogP contribution is 2.31. The lowest BCUT2D eigenvalue weighted by Crippen LogP contribution is -2.19. The average molecular weight is 278 g/mol. The first kappa shape index (κ1) is 12.8. The molecule has 0 amide bonds. The van der Waals surface area contributed by atoms with Crippen LogP contribution in [0.2, 0.25) is 5.02 Å². The molecular formula is C15H20ClN3. The zero-order chi connectivity index (χ0) is 13.4. The molecule has 4 heteroatoms. The molecule has 2 atom stereocenters. The molecule has 3 nitrogen and oxygen atoms in total. The summed E-state index contributed by atoms with van der Waals surface area (Å²) in [6, 6.07) is 5.81. The SMILES string of the molecule is CC1CCCC(Cn2c(N)nc3cc(Cl)ccc32)C1. The van der Waals surface area contributed by atoms with Gasteiger partial charge in [0.25, 0.3) is 0 Å². The summed E-state index contributed by atoms with van der Waals surface area (Å²) < 4.78 is 2.15. The zero-order valence-corrected chi connectivity index (χ0v) is 12.0. The molecule has 1 heterocycles. The Balaban J connectivity index is 1.89. The fourth-order valence-electron chi connectivity index (χ4n) is 3.30. The van der Waals surface area contributed by atoms with Crippen LogP contribution in [0.25, 0.3) is 11.0 Å². The van der Waals surface area contributed by atoms with Gasteiger partial charge in [-0.05, 0) is 42.9 Å². The lowest BCUT2D eigenvalue weighted by atomic mass is 9.82. The van der Waals surface area contributed by atoms with E-state index < -0.39 is 0 Å². The molecule has 1 saturated carbocycles. The second kappa shape index (κ2) is 5.04. The van der Waals surface area contributed by atoms with E-state index in [0.29, 0.717) is 11.0 Å². The number of fused-ring (bicyclic) bond motifs is 1. The van der Waals surface area contributed by atoms with Gasteiger partial charge in [0.15, 0.2) is 0 Å².